The van der Waals surface area contributed by atoms with Gasteiger partial charge in [0.05, 0.1) is 11.0 Å². The van der Waals surface area contributed by atoms with Gasteiger partial charge in [-0.25, -0.2) is 4.39 Å². The van der Waals surface area contributed by atoms with E-state index < -0.39 is 0 Å². The Bertz CT molecular complexity index is 663. The van der Waals surface area contributed by atoms with E-state index in [1.807, 2.05) is 13.0 Å². The summed E-state index contributed by atoms with van der Waals surface area (Å²) in [6, 6.07) is 3.96. The summed E-state index contributed by atoms with van der Waals surface area (Å²) < 4.78 is 16.6. The summed E-state index contributed by atoms with van der Waals surface area (Å²) in [6.07, 6.45) is 8.88. The van der Waals surface area contributed by atoms with Crippen LogP contribution in [0, 0.1) is 17.5 Å². The third-order valence-corrected chi connectivity index (χ3v) is 4.74. The van der Waals surface area contributed by atoms with Crippen LogP contribution in [0.15, 0.2) is 12.1 Å². The van der Waals surface area contributed by atoms with Crippen molar-refractivity contribution in [2.75, 3.05) is 0 Å². The fraction of sp³-hybridized carbons (Fsp3) is 0.562. The van der Waals surface area contributed by atoms with E-state index in [-0.39, 0.29) is 5.82 Å². The number of aromatic nitrogens is 2. The number of benzene rings is 1. The molecule has 3 rings (SSSR count). The number of nitrogens with zero attached hydrogens (tertiary/aromatic N) is 1. The van der Waals surface area contributed by atoms with Gasteiger partial charge in [0.1, 0.15) is 5.82 Å². The average Bonchev–Trinajstić information content (AvgIpc) is 2.66. The molecule has 1 aliphatic carbocycles. The van der Waals surface area contributed by atoms with E-state index in [9.17, 15) is 4.39 Å². The molecule has 1 fully saturated rings. The van der Waals surface area contributed by atoms with Gasteiger partial charge in [0, 0.05) is 6.04 Å². The van der Waals surface area contributed by atoms with Gasteiger partial charge in [-0.15, -0.1) is 0 Å². The molecule has 1 saturated carbocycles. The number of nitrogens with one attached hydrogen (secondary N) is 1. The Balaban J connectivity index is 2.07. The maximum absolute atomic E-state index is 13.7. The molecule has 0 aliphatic heterocycles. The fourth-order valence-electron chi connectivity index (χ4n) is 3.31. The van der Waals surface area contributed by atoms with Gasteiger partial charge in [-0.05, 0) is 49.7 Å². The van der Waals surface area contributed by atoms with Crippen LogP contribution in [0.4, 0.5) is 4.39 Å². The van der Waals surface area contributed by atoms with E-state index in [0.29, 0.717) is 11.6 Å². The van der Waals surface area contributed by atoms with Gasteiger partial charge >= 0.3 is 0 Å². The predicted molar refractivity (Wildman–Crippen MR) is 83.2 cm³/mol. The summed E-state index contributed by atoms with van der Waals surface area (Å²) in [7, 11) is 0. The Morgan fingerprint density at radius 1 is 1.15 bits per heavy atom. The van der Waals surface area contributed by atoms with Crippen LogP contribution in [0.2, 0.25) is 0 Å². The molecule has 0 amide bonds. The van der Waals surface area contributed by atoms with Crippen LogP contribution in [-0.4, -0.2) is 9.55 Å². The first-order valence-corrected chi connectivity index (χ1v) is 7.98. The molecule has 1 aromatic heterocycles. The highest BCUT2D eigenvalue weighted by molar-refractivity contribution is 7.71. The van der Waals surface area contributed by atoms with Crippen LogP contribution < -0.4 is 0 Å². The summed E-state index contributed by atoms with van der Waals surface area (Å²) in [5.74, 6) is -0.168. The van der Waals surface area contributed by atoms with Crippen LogP contribution in [0.1, 0.15) is 56.6 Å². The highest BCUT2D eigenvalue weighted by atomic mass is 32.1. The Labute approximate surface area is 124 Å². The van der Waals surface area contributed by atoms with Gasteiger partial charge in [0.15, 0.2) is 4.77 Å². The SMILES string of the molecule is Cc1cc2c(cc1F)[nH]c(=S)n2C1CCCCCCC1. The van der Waals surface area contributed by atoms with E-state index >= 15 is 0 Å². The summed E-state index contributed by atoms with van der Waals surface area (Å²) in [5.41, 5.74) is 2.56. The molecular formula is C16H21FN2S. The van der Waals surface area contributed by atoms with Crippen LogP contribution in [-0.2, 0) is 0 Å². The Kier molecular flexibility index (Phi) is 3.92. The quantitative estimate of drug-likeness (QED) is 0.695. The molecule has 0 saturated heterocycles. The Morgan fingerprint density at radius 3 is 2.50 bits per heavy atom. The molecule has 1 aromatic carbocycles. The second-order valence-electron chi connectivity index (χ2n) is 5.92. The smallest absolute Gasteiger partial charge is 0.178 e. The van der Waals surface area contributed by atoms with Crippen molar-refractivity contribution >= 4 is 23.3 Å². The maximum atomic E-state index is 13.7. The van der Waals surface area contributed by atoms with E-state index in [1.165, 1.54) is 44.9 Å². The van der Waals surface area contributed by atoms with Crippen LogP contribution in [0.3, 0.4) is 0 Å². The van der Waals surface area contributed by atoms with E-state index in [4.69, 9.17) is 12.2 Å². The summed E-state index contributed by atoms with van der Waals surface area (Å²) in [6.45, 7) is 1.81. The number of fused-ring (bicyclic) bond motifs is 1. The van der Waals surface area contributed by atoms with Gasteiger partial charge in [-0.3, -0.25) is 0 Å². The van der Waals surface area contributed by atoms with E-state index in [0.717, 1.165) is 15.8 Å². The molecular weight excluding hydrogens is 271 g/mol. The van der Waals surface area contributed by atoms with Crippen molar-refractivity contribution in [1.82, 2.24) is 9.55 Å². The zero-order valence-electron chi connectivity index (χ0n) is 11.9. The minimum atomic E-state index is -0.168. The summed E-state index contributed by atoms with van der Waals surface area (Å²) in [4.78, 5) is 3.17. The molecule has 20 heavy (non-hydrogen) atoms. The lowest BCUT2D eigenvalue weighted by atomic mass is 9.96. The van der Waals surface area contributed by atoms with Crippen molar-refractivity contribution in [2.45, 2.75) is 57.9 Å². The number of H-pyrrole nitrogens is 1. The lowest BCUT2D eigenvalue weighted by Gasteiger charge is -2.22. The van der Waals surface area contributed by atoms with Gasteiger partial charge in [0.2, 0.25) is 0 Å². The largest absolute Gasteiger partial charge is 0.330 e. The third-order valence-electron chi connectivity index (χ3n) is 4.44. The fourth-order valence-corrected chi connectivity index (χ4v) is 3.66. The van der Waals surface area contributed by atoms with Gasteiger partial charge in [-0.2, -0.15) is 0 Å². The van der Waals surface area contributed by atoms with E-state index in [1.54, 1.807) is 6.07 Å². The first kappa shape index (κ1) is 13.8. The van der Waals surface area contributed by atoms with Crippen LogP contribution in [0.25, 0.3) is 11.0 Å². The lowest BCUT2D eigenvalue weighted by molar-refractivity contribution is 0.376. The Hall–Kier alpha value is -1.16. The molecule has 0 unspecified atom stereocenters. The second kappa shape index (κ2) is 5.68. The highest BCUT2D eigenvalue weighted by Crippen LogP contribution is 2.30. The number of aromatic amines is 1. The first-order valence-electron chi connectivity index (χ1n) is 7.57. The summed E-state index contributed by atoms with van der Waals surface area (Å²) >= 11 is 5.48. The minimum Gasteiger partial charge on any atom is -0.330 e. The standard InChI is InChI=1S/C16H21FN2S/c1-11-9-15-14(10-13(11)17)18-16(20)19(15)12-7-5-3-2-4-6-8-12/h9-10,12H,2-8H2,1H3,(H,18,20). The van der Waals surface area contributed by atoms with Crippen molar-refractivity contribution in [2.24, 2.45) is 0 Å². The minimum absolute atomic E-state index is 0.168. The van der Waals surface area contributed by atoms with Crippen molar-refractivity contribution in [3.05, 3.63) is 28.3 Å². The molecule has 1 aliphatic rings. The van der Waals surface area contributed by atoms with Crippen LogP contribution in [0.5, 0.6) is 0 Å². The number of hydrogen-bond donors (Lipinski definition) is 1. The van der Waals surface area contributed by atoms with Crippen molar-refractivity contribution in [3.63, 3.8) is 0 Å². The summed E-state index contributed by atoms with van der Waals surface area (Å²) in [5, 5.41) is 0. The molecule has 1 heterocycles. The number of hydrogen-bond acceptors (Lipinski definition) is 1. The maximum Gasteiger partial charge on any atom is 0.178 e. The third kappa shape index (κ3) is 2.53. The zero-order valence-corrected chi connectivity index (χ0v) is 12.7. The molecule has 4 heteroatoms. The monoisotopic (exact) mass is 292 g/mol. The number of imidazole rings is 1. The van der Waals surface area contributed by atoms with Crippen molar-refractivity contribution in [1.29, 1.82) is 0 Å². The number of halogens is 1. The normalized spacial score (nSPS) is 18.1. The number of aryl methyl sites for hydroxylation is 1. The highest BCUT2D eigenvalue weighted by Gasteiger charge is 2.17. The second-order valence-corrected chi connectivity index (χ2v) is 6.30. The van der Waals surface area contributed by atoms with Gasteiger partial charge in [-0.1, -0.05) is 32.1 Å². The van der Waals surface area contributed by atoms with Gasteiger partial charge in [0.25, 0.3) is 0 Å². The van der Waals surface area contributed by atoms with Gasteiger partial charge < -0.3 is 9.55 Å². The molecule has 0 spiro atoms. The Morgan fingerprint density at radius 2 is 1.80 bits per heavy atom. The number of rotatable bonds is 1. The average molecular weight is 292 g/mol. The zero-order chi connectivity index (χ0) is 14.1. The molecule has 0 atom stereocenters. The molecule has 0 radical (unpaired) electrons. The molecule has 2 nitrogen and oxygen atoms in total. The lowest BCUT2D eigenvalue weighted by Crippen LogP contribution is -2.11. The van der Waals surface area contributed by atoms with Crippen molar-refractivity contribution < 1.29 is 4.39 Å². The molecule has 1 N–H and O–H groups in total. The molecule has 2 aromatic rings. The topological polar surface area (TPSA) is 20.7 Å². The van der Waals surface area contributed by atoms with Crippen LogP contribution >= 0.6 is 12.2 Å². The molecule has 0 bridgehead atoms. The van der Waals surface area contributed by atoms with E-state index in [2.05, 4.69) is 9.55 Å². The first-order chi connectivity index (χ1) is 9.66. The molecule has 108 valence electrons. The van der Waals surface area contributed by atoms with Crippen molar-refractivity contribution in [3.8, 4) is 0 Å². The predicted octanol–water partition coefficient (Wildman–Crippen LogP) is 5.43.